The van der Waals surface area contributed by atoms with Crippen LogP contribution >= 0.6 is 0 Å². The first kappa shape index (κ1) is 15.4. The van der Waals surface area contributed by atoms with Gasteiger partial charge in [0.25, 0.3) is 5.69 Å². The van der Waals surface area contributed by atoms with Gasteiger partial charge in [-0.1, -0.05) is 12.1 Å². The van der Waals surface area contributed by atoms with Crippen molar-refractivity contribution in [1.29, 1.82) is 0 Å². The van der Waals surface area contributed by atoms with Crippen LogP contribution in [0.4, 0.5) is 5.69 Å². The van der Waals surface area contributed by atoms with Crippen molar-refractivity contribution < 1.29 is 13.3 Å². The molecule has 0 bridgehead atoms. The van der Waals surface area contributed by atoms with Crippen molar-refractivity contribution in [2.75, 3.05) is 26.2 Å². The number of benzene rings is 1. The Kier molecular flexibility index (Phi) is 3.92. The van der Waals surface area contributed by atoms with Gasteiger partial charge in [-0.25, -0.2) is 8.42 Å². The molecule has 1 aromatic carbocycles. The third kappa shape index (κ3) is 2.62. The first-order valence-electron chi connectivity index (χ1n) is 7.39. The summed E-state index contributed by atoms with van der Waals surface area (Å²) < 4.78 is 26.8. The lowest BCUT2D eigenvalue weighted by atomic mass is 9.78. The van der Waals surface area contributed by atoms with Gasteiger partial charge in [0.05, 0.1) is 4.92 Å². The molecule has 3 rings (SSSR count). The molecule has 2 heterocycles. The maximum Gasteiger partial charge on any atom is 0.289 e. The number of nitro benzene ring substituents is 1. The molecule has 2 aliphatic rings. The van der Waals surface area contributed by atoms with Crippen LogP contribution in [0.5, 0.6) is 0 Å². The van der Waals surface area contributed by atoms with Gasteiger partial charge in [0.2, 0.25) is 10.0 Å². The first-order valence-corrected chi connectivity index (χ1v) is 8.83. The molecule has 8 heteroatoms. The standard InChI is InChI=1S/C14H19N3O4S/c18-17(19)12-3-1-2-4-13(12)22(20,21)16-9-6-14(7-10-16)5-8-15-11-14/h1-4,15H,5-11H2. The summed E-state index contributed by atoms with van der Waals surface area (Å²) >= 11 is 0. The molecule has 1 aromatic rings. The van der Waals surface area contributed by atoms with Crippen LogP contribution in [0.2, 0.25) is 0 Å². The summed E-state index contributed by atoms with van der Waals surface area (Å²) in [6, 6.07) is 5.55. The Morgan fingerprint density at radius 1 is 1.18 bits per heavy atom. The number of hydrogen-bond donors (Lipinski definition) is 1. The Morgan fingerprint density at radius 2 is 1.86 bits per heavy atom. The van der Waals surface area contributed by atoms with E-state index in [0.29, 0.717) is 13.1 Å². The quantitative estimate of drug-likeness (QED) is 0.669. The SMILES string of the molecule is O=[N+]([O-])c1ccccc1S(=O)(=O)N1CCC2(CCNC2)CC1. The first-order chi connectivity index (χ1) is 10.4. The van der Waals surface area contributed by atoms with Crippen LogP contribution in [-0.4, -0.2) is 43.8 Å². The third-order valence-electron chi connectivity index (χ3n) is 4.79. The van der Waals surface area contributed by atoms with E-state index >= 15 is 0 Å². The van der Waals surface area contributed by atoms with Crippen LogP contribution in [0.3, 0.4) is 0 Å². The summed E-state index contributed by atoms with van der Waals surface area (Å²) in [7, 11) is -3.81. The van der Waals surface area contributed by atoms with Crippen LogP contribution in [0.1, 0.15) is 19.3 Å². The van der Waals surface area contributed by atoms with Crippen LogP contribution in [0.25, 0.3) is 0 Å². The molecule has 1 N–H and O–H groups in total. The van der Waals surface area contributed by atoms with Gasteiger partial charge >= 0.3 is 0 Å². The van der Waals surface area contributed by atoms with E-state index in [2.05, 4.69) is 5.32 Å². The maximum atomic E-state index is 12.7. The molecule has 1 spiro atoms. The molecule has 2 saturated heterocycles. The summed E-state index contributed by atoms with van der Waals surface area (Å²) in [5.41, 5.74) is -0.153. The molecule has 120 valence electrons. The minimum atomic E-state index is -3.81. The summed E-state index contributed by atoms with van der Waals surface area (Å²) in [5.74, 6) is 0. The highest BCUT2D eigenvalue weighted by Crippen LogP contribution is 2.39. The van der Waals surface area contributed by atoms with E-state index in [1.807, 2.05) is 0 Å². The molecule has 7 nitrogen and oxygen atoms in total. The topological polar surface area (TPSA) is 92.5 Å². The zero-order chi connectivity index (χ0) is 15.8. The normalized spacial score (nSPS) is 22.0. The number of nitro groups is 1. The lowest BCUT2D eigenvalue weighted by molar-refractivity contribution is -0.387. The third-order valence-corrected chi connectivity index (χ3v) is 6.74. The summed E-state index contributed by atoms with van der Waals surface area (Å²) in [4.78, 5) is 10.2. The zero-order valence-corrected chi connectivity index (χ0v) is 13.0. The van der Waals surface area contributed by atoms with E-state index in [1.54, 1.807) is 0 Å². The Bertz CT molecular complexity index is 673. The fourth-order valence-corrected chi connectivity index (χ4v) is 4.99. The van der Waals surface area contributed by atoms with Gasteiger partial charge in [-0.2, -0.15) is 4.31 Å². The predicted octanol–water partition coefficient (Wildman–Crippen LogP) is 1.36. The number of nitrogens with zero attached hydrogens (tertiary/aromatic N) is 2. The molecule has 0 aromatic heterocycles. The van der Waals surface area contributed by atoms with E-state index in [1.165, 1.54) is 28.6 Å². The van der Waals surface area contributed by atoms with Crippen molar-refractivity contribution in [1.82, 2.24) is 9.62 Å². The van der Waals surface area contributed by atoms with Gasteiger partial charge in [-0.3, -0.25) is 10.1 Å². The van der Waals surface area contributed by atoms with Crippen LogP contribution in [0, 0.1) is 15.5 Å². The second-order valence-electron chi connectivity index (χ2n) is 6.06. The summed E-state index contributed by atoms with van der Waals surface area (Å²) in [6.07, 6.45) is 2.69. The van der Waals surface area contributed by atoms with E-state index < -0.39 is 14.9 Å². The zero-order valence-electron chi connectivity index (χ0n) is 12.2. The van der Waals surface area contributed by atoms with Crippen LogP contribution in [0.15, 0.2) is 29.2 Å². The number of nitrogens with one attached hydrogen (secondary N) is 1. The Labute approximate surface area is 129 Å². The number of piperidine rings is 1. The fraction of sp³-hybridized carbons (Fsp3) is 0.571. The van der Waals surface area contributed by atoms with E-state index in [9.17, 15) is 18.5 Å². The Morgan fingerprint density at radius 3 is 2.45 bits per heavy atom. The van der Waals surface area contributed by atoms with Gasteiger partial charge in [0.1, 0.15) is 0 Å². The molecule has 0 amide bonds. The largest absolute Gasteiger partial charge is 0.316 e. The second kappa shape index (κ2) is 5.60. The van der Waals surface area contributed by atoms with E-state index in [4.69, 9.17) is 0 Å². The van der Waals surface area contributed by atoms with Crippen molar-refractivity contribution in [2.45, 2.75) is 24.2 Å². The Hall–Kier alpha value is -1.51. The molecular formula is C14H19N3O4S. The molecular weight excluding hydrogens is 306 g/mol. The van der Waals surface area contributed by atoms with Gasteiger partial charge in [-0.15, -0.1) is 0 Å². The van der Waals surface area contributed by atoms with Crippen LogP contribution in [-0.2, 0) is 10.0 Å². The summed E-state index contributed by atoms with van der Waals surface area (Å²) in [6.45, 7) is 2.77. The number of hydrogen-bond acceptors (Lipinski definition) is 5. The van der Waals surface area contributed by atoms with E-state index in [0.717, 1.165) is 32.4 Å². The van der Waals surface area contributed by atoms with E-state index in [-0.39, 0.29) is 16.0 Å². The monoisotopic (exact) mass is 325 g/mol. The molecule has 0 aliphatic carbocycles. The molecule has 0 saturated carbocycles. The average Bonchev–Trinajstić information content (AvgIpc) is 2.96. The second-order valence-corrected chi connectivity index (χ2v) is 7.96. The highest BCUT2D eigenvalue weighted by atomic mass is 32.2. The van der Waals surface area contributed by atoms with Crippen LogP contribution < -0.4 is 5.32 Å². The number of sulfonamides is 1. The highest BCUT2D eigenvalue weighted by Gasteiger charge is 2.41. The van der Waals surface area contributed by atoms with Gasteiger partial charge in [0.15, 0.2) is 4.90 Å². The number of para-hydroxylation sites is 1. The van der Waals surface area contributed by atoms with Gasteiger partial charge < -0.3 is 5.32 Å². The minimum Gasteiger partial charge on any atom is -0.316 e. The highest BCUT2D eigenvalue weighted by molar-refractivity contribution is 7.89. The van der Waals surface area contributed by atoms with Crippen molar-refractivity contribution in [3.63, 3.8) is 0 Å². The molecule has 0 radical (unpaired) electrons. The van der Waals surface area contributed by atoms with Gasteiger partial charge in [0, 0.05) is 25.7 Å². The number of rotatable bonds is 3. The molecule has 2 fully saturated rings. The molecule has 2 aliphatic heterocycles. The van der Waals surface area contributed by atoms with Crippen molar-refractivity contribution >= 4 is 15.7 Å². The summed E-state index contributed by atoms with van der Waals surface area (Å²) in [5, 5.41) is 14.4. The van der Waals surface area contributed by atoms with Gasteiger partial charge in [-0.05, 0) is 37.3 Å². The van der Waals surface area contributed by atoms with Crippen molar-refractivity contribution in [2.24, 2.45) is 5.41 Å². The maximum absolute atomic E-state index is 12.7. The average molecular weight is 325 g/mol. The minimum absolute atomic E-state index is 0.203. The van der Waals surface area contributed by atoms with Crippen molar-refractivity contribution in [3.8, 4) is 0 Å². The smallest absolute Gasteiger partial charge is 0.289 e. The van der Waals surface area contributed by atoms with Crippen molar-refractivity contribution in [3.05, 3.63) is 34.4 Å². The lowest BCUT2D eigenvalue weighted by Gasteiger charge is -2.38. The molecule has 22 heavy (non-hydrogen) atoms. The lowest BCUT2D eigenvalue weighted by Crippen LogP contribution is -2.44. The fourth-order valence-electron chi connectivity index (χ4n) is 3.39. The predicted molar refractivity (Wildman–Crippen MR) is 81.0 cm³/mol. The molecule has 0 atom stereocenters. The Balaban J connectivity index is 1.84. The molecule has 0 unspecified atom stereocenters.